The summed E-state index contributed by atoms with van der Waals surface area (Å²) in [7, 11) is 1.28. The number of nitrogens with zero attached hydrogens (tertiary/aromatic N) is 4. The lowest BCUT2D eigenvalue weighted by Crippen LogP contribution is -2.40. The summed E-state index contributed by atoms with van der Waals surface area (Å²) in [5.41, 5.74) is -0.928. The molecule has 0 spiro atoms. The average Bonchev–Trinajstić information content (AvgIpc) is 3.22. The summed E-state index contributed by atoms with van der Waals surface area (Å²) in [6, 6.07) is 12.7. The van der Waals surface area contributed by atoms with Gasteiger partial charge < -0.3 is 0 Å². The highest BCUT2D eigenvalue weighted by atomic mass is 35.5. The first kappa shape index (κ1) is 21.6. The molecule has 0 amide bonds. The van der Waals surface area contributed by atoms with Gasteiger partial charge in [-0.1, -0.05) is 17.7 Å². The number of halogens is 4. The van der Waals surface area contributed by atoms with E-state index in [2.05, 4.69) is 5.10 Å². The fourth-order valence-corrected chi connectivity index (χ4v) is 3.64. The van der Waals surface area contributed by atoms with E-state index in [-0.39, 0.29) is 16.9 Å². The van der Waals surface area contributed by atoms with Crippen LogP contribution in [-0.2, 0) is 13.2 Å². The summed E-state index contributed by atoms with van der Waals surface area (Å²) >= 11 is 5.95. The molecule has 164 valence electrons. The van der Waals surface area contributed by atoms with Crippen molar-refractivity contribution in [2.24, 2.45) is 7.05 Å². The Bertz CT molecular complexity index is 1430. The van der Waals surface area contributed by atoms with E-state index >= 15 is 0 Å². The molecule has 0 atom stereocenters. The van der Waals surface area contributed by atoms with E-state index in [1.165, 1.54) is 37.0 Å². The lowest BCUT2D eigenvalue weighted by molar-refractivity contribution is -0.137. The molecule has 32 heavy (non-hydrogen) atoms. The van der Waals surface area contributed by atoms with Crippen LogP contribution in [0.15, 0.2) is 70.4 Å². The molecule has 0 unspecified atom stereocenters. The zero-order valence-corrected chi connectivity index (χ0v) is 17.6. The highest BCUT2D eigenvalue weighted by Crippen LogP contribution is 2.31. The minimum Gasteiger partial charge on any atom is -0.268 e. The Balaban J connectivity index is 2.00. The summed E-state index contributed by atoms with van der Waals surface area (Å²) in [5.74, 6) is 0. The van der Waals surface area contributed by atoms with Gasteiger partial charge >= 0.3 is 11.9 Å². The number of hydrogen-bond acceptors (Lipinski definition) is 3. The SMILES string of the molecule is Cc1c(-c2ccnn2-c2ccc(Cl)cc2)c(=O)n(C)c(=O)n1-c1cccc(C(F)(F)F)c1. The number of hydrogen-bond donors (Lipinski definition) is 0. The Morgan fingerprint density at radius 2 is 1.66 bits per heavy atom. The van der Waals surface area contributed by atoms with E-state index in [0.29, 0.717) is 16.4 Å². The zero-order chi connectivity index (χ0) is 23.2. The van der Waals surface area contributed by atoms with Crippen LogP contribution in [0.4, 0.5) is 13.2 Å². The predicted octanol–water partition coefficient (Wildman–Crippen LogP) is 4.37. The molecular weight excluding hydrogens is 445 g/mol. The highest BCUT2D eigenvalue weighted by Gasteiger charge is 2.31. The van der Waals surface area contributed by atoms with Crippen molar-refractivity contribution in [3.63, 3.8) is 0 Å². The van der Waals surface area contributed by atoms with Crippen LogP contribution >= 0.6 is 11.6 Å². The van der Waals surface area contributed by atoms with Crippen molar-refractivity contribution in [3.8, 4) is 22.6 Å². The Labute approximate surface area is 184 Å². The lowest BCUT2D eigenvalue weighted by Gasteiger charge is -2.17. The second kappa shape index (κ2) is 7.83. The molecule has 10 heteroatoms. The third-order valence-electron chi connectivity index (χ3n) is 5.10. The van der Waals surface area contributed by atoms with Gasteiger partial charge in [0.05, 0.1) is 34.4 Å². The van der Waals surface area contributed by atoms with Crippen molar-refractivity contribution in [1.29, 1.82) is 0 Å². The van der Waals surface area contributed by atoms with Crippen LogP contribution in [0.2, 0.25) is 5.02 Å². The van der Waals surface area contributed by atoms with Crippen LogP contribution in [0.25, 0.3) is 22.6 Å². The van der Waals surface area contributed by atoms with E-state index in [1.54, 1.807) is 30.3 Å². The maximum absolute atomic E-state index is 13.2. The number of benzene rings is 2. The number of aromatic nitrogens is 4. The second-order valence-electron chi connectivity index (χ2n) is 7.10. The minimum atomic E-state index is -4.58. The summed E-state index contributed by atoms with van der Waals surface area (Å²) in [6.07, 6.45) is -3.09. The molecular formula is C22H16ClF3N4O2. The van der Waals surface area contributed by atoms with Crippen molar-refractivity contribution in [1.82, 2.24) is 18.9 Å². The first-order chi connectivity index (χ1) is 15.1. The molecule has 0 bridgehead atoms. The molecule has 0 saturated heterocycles. The van der Waals surface area contributed by atoms with Gasteiger partial charge in [0, 0.05) is 17.8 Å². The summed E-state index contributed by atoms with van der Waals surface area (Å²) in [5, 5.41) is 4.79. The molecule has 4 aromatic rings. The van der Waals surface area contributed by atoms with Crippen LogP contribution in [0, 0.1) is 6.92 Å². The van der Waals surface area contributed by atoms with Gasteiger partial charge in [0.15, 0.2) is 0 Å². The van der Waals surface area contributed by atoms with Crippen LogP contribution in [0.1, 0.15) is 11.3 Å². The largest absolute Gasteiger partial charge is 0.416 e. The summed E-state index contributed by atoms with van der Waals surface area (Å²) < 4.78 is 43.2. The smallest absolute Gasteiger partial charge is 0.268 e. The van der Waals surface area contributed by atoms with Gasteiger partial charge in [0.25, 0.3) is 5.56 Å². The molecule has 0 aliphatic carbocycles. The molecule has 0 aliphatic heterocycles. The minimum absolute atomic E-state index is 0.00302. The Morgan fingerprint density at radius 3 is 2.31 bits per heavy atom. The second-order valence-corrected chi connectivity index (χ2v) is 7.53. The van der Waals surface area contributed by atoms with E-state index in [1.807, 2.05) is 0 Å². The van der Waals surface area contributed by atoms with Gasteiger partial charge in [-0.3, -0.25) is 13.9 Å². The molecule has 0 fully saturated rings. The van der Waals surface area contributed by atoms with Crippen molar-refractivity contribution >= 4 is 11.6 Å². The Kier molecular flexibility index (Phi) is 5.29. The summed E-state index contributed by atoms with van der Waals surface area (Å²) in [6.45, 7) is 1.51. The van der Waals surface area contributed by atoms with E-state index in [4.69, 9.17) is 11.6 Å². The fourth-order valence-electron chi connectivity index (χ4n) is 3.52. The molecule has 2 heterocycles. The third-order valence-corrected chi connectivity index (χ3v) is 5.35. The normalized spacial score (nSPS) is 11.7. The van der Waals surface area contributed by atoms with Gasteiger partial charge in [-0.05, 0) is 55.5 Å². The van der Waals surface area contributed by atoms with Gasteiger partial charge in [-0.15, -0.1) is 0 Å². The van der Waals surface area contributed by atoms with Crippen LogP contribution < -0.4 is 11.2 Å². The quantitative estimate of drug-likeness (QED) is 0.456. The number of alkyl halides is 3. The zero-order valence-electron chi connectivity index (χ0n) is 16.9. The van der Waals surface area contributed by atoms with Gasteiger partial charge in [0.2, 0.25) is 0 Å². The molecule has 0 saturated carbocycles. The van der Waals surface area contributed by atoms with Gasteiger partial charge in [0.1, 0.15) is 0 Å². The molecule has 2 aromatic heterocycles. The summed E-state index contributed by atoms with van der Waals surface area (Å²) in [4.78, 5) is 26.0. The maximum atomic E-state index is 13.2. The Hall–Kier alpha value is -3.59. The Morgan fingerprint density at radius 1 is 0.969 bits per heavy atom. The molecule has 2 aromatic carbocycles. The van der Waals surface area contributed by atoms with Crippen LogP contribution in [0.3, 0.4) is 0 Å². The molecule has 0 radical (unpaired) electrons. The molecule has 6 nitrogen and oxygen atoms in total. The van der Waals surface area contributed by atoms with Crippen molar-refractivity contribution < 1.29 is 13.2 Å². The highest BCUT2D eigenvalue weighted by molar-refractivity contribution is 6.30. The van der Waals surface area contributed by atoms with Crippen LogP contribution in [-0.4, -0.2) is 18.9 Å². The van der Waals surface area contributed by atoms with Crippen molar-refractivity contribution in [2.45, 2.75) is 13.1 Å². The topological polar surface area (TPSA) is 61.8 Å². The molecule has 0 aliphatic rings. The monoisotopic (exact) mass is 460 g/mol. The third kappa shape index (κ3) is 3.64. The standard InChI is InChI=1S/C22H16ClF3N4O2/c1-13-19(18-10-11-27-30(18)16-8-6-15(23)7-9-16)20(31)28(2)21(32)29(13)17-5-3-4-14(12-17)22(24,25)26/h3-12H,1-2H3. The molecule has 4 rings (SSSR count). The number of rotatable bonds is 3. The predicted molar refractivity (Wildman–Crippen MR) is 115 cm³/mol. The van der Waals surface area contributed by atoms with Crippen molar-refractivity contribution in [2.75, 3.05) is 0 Å². The molecule has 0 N–H and O–H groups in total. The van der Waals surface area contributed by atoms with E-state index in [9.17, 15) is 22.8 Å². The van der Waals surface area contributed by atoms with Gasteiger partial charge in [-0.2, -0.15) is 18.3 Å². The lowest BCUT2D eigenvalue weighted by atomic mass is 10.1. The van der Waals surface area contributed by atoms with Gasteiger partial charge in [-0.25, -0.2) is 9.48 Å². The van der Waals surface area contributed by atoms with Crippen LogP contribution in [0.5, 0.6) is 0 Å². The average molecular weight is 461 g/mol. The van der Waals surface area contributed by atoms with Crippen molar-refractivity contribution in [3.05, 3.63) is 97.9 Å². The first-order valence-electron chi connectivity index (χ1n) is 9.40. The van der Waals surface area contributed by atoms with E-state index < -0.39 is 23.0 Å². The fraction of sp³-hybridized carbons (Fsp3) is 0.136. The van der Waals surface area contributed by atoms with E-state index in [0.717, 1.165) is 21.3 Å². The maximum Gasteiger partial charge on any atom is 0.416 e. The first-order valence-corrected chi connectivity index (χ1v) is 9.78.